The molecule has 0 atom stereocenters. The number of carbonyl (C=O) groups excluding carboxylic acids is 1. The van der Waals surface area contributed by atoms with Gasteiger partial charge in [-0.25, -0.2) is 4.98 Å². The Morgan fingerprint density at radius 2 is 2.50 bits per heavy atom. The molecular formula is C8H8ClN2O. The zero-order chi connectivity index (χ0) is 8.97. The molecule has 0 aliphatic rings. The van der Waals surface area contributed by atoms with Crippen molar-refractivity contribution in [2.24, 2.45) is 0 Å². The standard InChI is InChI=1S/C8H8ClN2O/c1-2-10-8-7(9)3-6(5-12)4-11-8/h3-5H,1-2H2,(H,10,11). The van der Waals surface area contributed by atoms with Crippen LogP contribution in [0.3, 0.4) is 0 Å². The lowest BCUT2D eigenvalue weighted by molar-refractivity contribution is 0.112. The van der Waals surface area contributed by atoms with Crippen molar-refractivity contribution in [2.75, 3.05) is 11.9 Å². The normalized spacial score (nSPS) is 9.50. The molecule has 1 aromatic heterocycles. The first-order valence-electron chi connectivity index (χ1n) is 3.41. The molecule has 4 heteroatoms. The third-order valence-electron chi connectivity index (χ3n) is 1.29. The van der Waals surface area contributed by atoms with E-state index >= 15 is 0 Å². The minimum Gasteiger partial charge on any atom is -0.369 e. The Kier molecular flexibility index (Phi) is 3.05. The highest BCUT2D eigenvalue weighted by Gasteiger charge is 2.00. The number of carbonyl (C=O) groups is 1. The van der Waals surface area contributed by atoms with E-state index in [1.165, 1.54) is 6.20 Å². The minimum absolute atomic E-state index is 0.434. The fourth-order valence-corrected chi connectivity index (χ4v) is 1.01. The number of rotatable bonds is 3. The molecule has 3 nitrogen and oxygen atoms in total. The van der Waals surface area contributed by atoms with Crippen LogP contribution in [-0.4, -0.2) is 17.8 Å². The number of anilines is 1. The van der Waals surface area contributed by atoms with Crippen molar-refractivity contribution < 1.29 is 4.79 Å². The summed E-state index contributed by atoms with van der Waals surface area (Å²) in [6.45, 7) is 4.09. The average molecular weight is 184 g/mol. The Bertz CT molecular complexity index is 288. The van der Waals surface area contributed by atoms with E-state index in [2.05, 4.69) is 17.2 Å². The summed E-state index contributed by atoms with van der Waals surface area (Å²) in [7, 11) is 0. The zero-order valence-electron chi connectivity index (χ0n) is 6.38. The lowest BCUT2D eigenvalue weighted by Crippen LogP contribution is -2.00. The van der Waals surface area contributed by atoms with Gasteiger partial charge in [-0.05, 0) is 13.0 Å². The summed E-state index contributed by atoms with van der Waals surface area (Å²) in [5, 5.41) is 3.29. The number of nitrogens with zero attached hydrogens (tertiary/aromatic N) is 1. The van der Waals surface area contributed by atoms with Gasteiger partial charge in [-0.1, -0.05) is 11.6 Å². The van der Waals surface area contributed by atoms with Crippen molar-refractivity contribution in [1.82, 2.24) is 4.98 Å². The SMILES string of the molecule is [CH2]CNc1ncc(C=O)cc1Cl. The quantitative estimate of drug-likeness (QED) is 0.727. The van der Waals surface area contributed by atoms with Crippen LogP contribution >= 0.6 is 11.6 Å². The maximum absolute atomic E-state index is 10.3. The van der Waals surface area contributed by atoms with Crippen molar-refractivity contribution in [3.05, 3.63) is 29.8 Å². The number of hydrogen-bond acceptors (Lipinski definition) is 3. The summed E-state index contributed by atoms with van der Waals surface area (Å²) in [5.74, 6) is 0.553. The molecule has 0 aromatic carbocycles. The number of halogens is 1. The molecular weight excluding hydrogens is 176 g/mol. The van der Waals surface area contributed by atoms with Crippen molar-refractivity contribution in [3.8, 4) is 0 Å². The van der Waals surface area contributed by atoms with Gasteiger partial charge < -0.3 is 5.32 Å². The predicted molar refractivity (Wildman–Crippen MR) is 48.5 cm³/mol. The van der Waals surface area contributed by atoms with Crippen LogP contribution in [0, 0.1) is 6.92 Å². The van der Waals surface area contributed by atoms with Crippen LogP contribution < -0.4 is 5.32 Å². The van der Waals surface area contributed by atoms with Crippen molar-refractivity contribution in [1.29, 1.82) is 0 Å². The third-order valence-corrected chi connectivity index (χ3v) is 1.58. The molecule has 0 fully saturated rings. The molecule has 0 saturated heterocycles. The molecule has 1 aromatic rings. The van der Waals surface area contributed by atoms with Crippen molar-refractivity contribution in [2.45, 2.75) is 0 Å². The van der Waals surface area contributed by atoms with Gasteiger partial charge in [-0.3, -0.25) is 4.79 Å². The van der Waals surface area contributed by atoms with E-state index in [9.17, 15) is 4.79 Å². The molecule has 1 N–H and O–H groups in total. The third kappa shape index (κ3) is 1.95. The van der Waals surface area contributed by atoms with Gasteiger partial charge in [0.15, 0.2) is 6.29 Å². The van der Waals surface area contributed by atoms with Gasteiger partial charge >= 0.3 is 0 Å². The van der Waals surface area contributed by atoms with E-state index in [0.717, 1.165) is 0 Å². The van der Waals surface area contributed by atoms with Gasteiger partial charge in [0.2, 0.25) is 0 Å². The summed E-state index contributed by atoms with van der Waals surface area (Å²) in [5.41, 5.74) is 0.467. The van der Waals surface area contributed by atoms with E-state index in [-0.39, 0.29) is 0 Å². The molecule has 0 aliphatic heterocycles. The van der Waals surface area contributed by atoms with E-state index < -0.39 is 0 Å². The van der Waals surface area contributed by atoms with Gasteiger partial charge in [0.1, 0.15) is 5.82 Å². The second kappa shape index (κ2) is 4.07. The highest BCUT2D eigenvalue weighted by molar-refractivity contribution is 6.33. The Hall–Kier alpha value is -1.09. The first-order chi connectivity index (χ1) is 5.77. The molecule has 1 heterocycles. The largest absolute Gasteiger partial charge is 0.369 e. The van der Waals surface area contributed by atoms with E-state index in [4.69, 9.17) is 11.6 Å². The molecule has 0 spiro atoms. The lowest BCUT2D eigenvalue weighted by Gasteiger charge is -2.03. The minimum atomic E-state index is 0.434. The van der Waals surface area contributed by atoms with E-state index in [1.807, 2.05) is 0 Å². The summed E-state index contributed by atoms with van der Waals surface area (Å²) >= 11 is 5.78. The Balaban J connectivity index is 2.94. The molecule has 1 radical (unpaired) electrons. The highest BCUT2D eigenvalue weighted by Crippen LogP contribution is 2.18. The number of nitrogens with one attached hydrogen (secondary N) is 1. The Morgan fingerprint density at radius 3 is 3.00 bits per heavy atom. The smallest absolute Gasteiger partial charge is 0.151 e. The van der Waals surface area contributed by atoms with Crippen LogP contribution in [-0.2, 0) is 0 Å². The molecule has 0 amide bonds. The summed E-state index contributed by atoms with van der Waals surface area (Å²) in [4.78, 5) is 14.2. The predicted octanol–water partition coefficient (Wildman–Crippen LogP) is 1.79. The van der Waals surface area contributed by atoms with Crippen LogP contribution in [0.15, 0.2) is 12.3 Å². The van der Waals surface area contributed by atoms with Crippen molar-refractivity contribution >= 4 is 23.7 Å². The van der Waals surface area contributed by atoms with Crippen LogP contribution in [0.1, 0.15) is 10.4 Å². The summed E-state index contributed by atoms with van der Waals surface area (Å²) in [6, 6.07) is 1.56. The van der Waals surface area contributed by atoms with Gasteiger partial charge in [0, 0.05) is 18.3 Å². The number of aromatic nitrogens is 1. The first-order valence-corrected chi connectivity index (χ1v) is 3.79. The van der Waals surface area contributed by atoms with Gasteiger partial charge in [-0.2, -0.15) is 0 Å². The molecule has 0 saturated carbocycles. The number of pyridine rings is 1. The van der Waals surface area contributed by atoms with E-state index in [1.54, 1.807) is 6.07 Å². The second-order valence-corrected chi connectivity index (χ2v) is 2.55. The molecule has 0 aliphatic carbocycles. The average Bonchev–Trinajstić information content (AvgIpc) is 2.09. The Labute approximate surface area is 75.8 Å². The Morgan fingerprint density at radius 1 is 1.75 bits per heavy atom. The molecule has 63 valence electrons. The second-order valence-electron chi connectivity index (χ2n) is 2.14. The molecule has 1 rings (SSSR count). The fourth-order valence-electron chi connectivity index (χ4n) is 0.766. The summed E-state index contributed by atoms with van der Waals surface area (Å²) < 4.78 is 0. The maximum atomic E-state index is 10.3. The van der Waals surface area contributed by atoms with Gasteiger partial charge in [0.25, 0.3) is 0 Å². The molecule has 0 bridgehead atoms. The van der Waals surface area contributed by atoms with Gasteiger partial charge in [0.05, 0.1) is 5.02 Å². The lowest BCUT2D eigenvalue weighted by atomic mass is 10.3. The van der Waals surface area contributed by atoms with Gasteiger partial charge in [-0.15, -0.1) is 0 Å². The highest BCUT2D eigenvalue weighted by atomic mass is 35.5. The van der Waals surface area contributed by atoms with Crippen LogP contribution in [0.25, 0.3) is 0 Å². The molecule has 0 unspecified atom stereocenters. The first kappa shape index (κ1) is 9.00. The van der Waals surface area contributed by atoms with E-state index in [0.29, 0.717) is 29.2 Å². The number of hydrogen-bond donors (Lipinski definition) is 1. The topological polar surface area (TPSA) is 42.0 Å². The van der Waals surface area contributed by atoms with Crippen LogP contribution in [0.2, 0.25) is 5.02 Å². The van der Waals surface area contributed by atoms with Crippen LogP contribution in [0.5, 0.6) is 0 Å². The summed E-state index contributed by atoms with van der Waals surface area (Å²) in [6.07, 6.45) is 2.16. The number of aldehydes is 1. The zero-order valence-corrected chi connectivity index (χ0v) is 7.14. The van der Waals surface area contributed by atoms with Crippen molar-refractivity contribution in [3.63, 3.8) is 0 Å². The monoisotopic (exact) mass is 183 g/mol. The van der Waals surface area contributed by atoms with Crippen LogP contribution in [0.4, 0.5) is 5.82 Å². The molecule has 12 heavy (non-hydrogen) atoms. The maximum Gasteiger partial charge on any atom is 0.151 e. The fraction of sp³-hybridized carbons (Fsp3) is 0.125.